The van der Waals surface area contributed by atoms with E-state index in [2.05, 4.69) is 41.1 Å². The summed E-state index contributed by atoms with van der Waals surface area (Å²) in [6, 6.07) is 5.32. The van der Waals surface area contributed by atoms with Gasteiger partial charge in [0.25, 0.3) is 0 Å². The molecule has 2 aliphatic heterocycles. The molecule has 1 saturated heterocycles. The standard InChI is InChI=1S/C18H29N3O/c1-4-21-13-16-11-18(22-3)17(10-15(16)9-14(21)2)12-20-7-5-19-6-8-20/h10-11,14,19H,4-9,12-13H2,1-3H3. The zero-order valence-electron chi connectivity index (χ0n) is 14.2. The molecule has 4 heteroatoms. The molecule has 0 bridgehead atoms. The van der Waals surface area contributed by atoms with Gasteiger partial charge in [-0.25, -0.2) is 0 Å². The highest BCUT2D eigenvalue weighted by atomic mass is 16.5. The molecule has 3 rings (SSSR count). The molecule has 1 atom stereocenters. The van der Waals surface area contributed by atoms with Crippen molar-refractivity contribution in [3.8, 4) is 5.75 Å². The van der Waals surface area contributed by atoms with Gasteiger partial charge in [0.1, 0.15) is 5.75 Å². The van der Waals surface area contributed by atoms with E-state index in [0.717, 1.165) is 58.0 Å². The van der Waals surface area contributed by atoms with Crippen molar-refractivity contribution >= 4 is 0 Å². The van der Waals surface area contributed by atoms with Crippen LogP contribution in [0, 0.1) is 0 Å². The second-order valence-corrected chi connectivity index (χ2v) is 6.58. The van der Waals surface area contributed by atoms with E-state index < -0.39 is 0 Å². The maximum absolute atomic E-state index is 5.69. The number of piperazine rings is 1. The molecule has 0 amide bonds. The minimum Gasteiger partial charge on any atom is -0.496 e. The summed E-state index contributed by atoms with van der Waals surface area (Å²) in [7, 11) is 1.80. The summed E-state index contributed by atoms with van der Waals surface area (Å²) >= 11 is 0. The summed E-state index contributed by atoms with van der Waals surface area (Å²) in [6.45, 7) is 12.2. The maximum Gasteiger partial charge on any atom is 0.123 e. The number of rotatable bonds is 4. The van der Waals surface area contributed by atoms with Gasteiger partial charge in [0.05, 0.1) is 7.11 Å². The molecule has 2 aliphatic rings. The minimum atomic E-state index is 0.637. The van der Waals surface area contributed by atoms with Gasteiger partial charge in [-0.2, -0.15) is 0 Å². The van der Waals surface area contributed by atoms with Gasteiger partial charge in [-0.15, -0.1) is 0 Å². The van der Waals surface area contributed by atoms with Crippen LogP contribution in [0.4, 0.5) is 0 Å². The van der Waals surface area contributed by atoms with Crippen LogP contribution in [0.25, 0.3) is 0 Å². The zero-order chi connectivity index (χ0) is 15.5. The van der Waals surface area contributed by atoms with Crippen LogP contribution in [0.1, 0.15) is 30.5 Å². The van der Waals surface area contributed by atoms with E-state index in [-0.39, 0.29) is 0 Å². The third kappa shape index (κ3) is 3.29. The lowest BCUT2D eigenvalue weighted by molar-refractivity contribution is 0.193. The van der Waals surface area contributed by atoms with Crippen molar-refractivity contribution in [2.75, 3.05) is 39.8 Å². The Labute approximate surface area is 134 Å². The molecule has 1 unspecified atom stereocenters. The van der Waals surface area contributed by atoms with Crippen molar-refractivity contribution in [3.05, 3.63) is 28.8 Å². The predicted molar refractivity (Wildman–Crippen MR) is 90.4 cm³/mol. The normalized spacial score (nSPS) is 23.3. The van der Waals surface area contributed by atoms with Crippen molar-refractivity contribution in [1.82, 2.24) is 15.1 Å². The number of fused-ring (bicyclic) bond motifs is 1. The number of nitrogens with zero attached hydrogens (tertiary/aromatic N) is 2. The van der Waals surface area contributed by atoms with Gasteiger partial charge >= 0.3 is 0 Å². The Morgan fingerprint density at radius 2 is 2.00 bits per heavy atom. The fourth-order valence-electron chi connectivity index (χ4n) is 3.72. The first-order chi connectivity index (χ1) is 10.7. The topological polar surface area (TPSA) is 27.7 Å². The first kappa shape index (κ1) is 15.8. The van der Waals surface area contributed by atoms with Crippen molar-refractivity contribution in [2.24, 2.45) is 0 Å². The number of nitrogens with one attached hydrogen (secondary N) is 1. The SMILES string of the molecule is CCN1Cc2cc(OC)c(CN3CCNCC3)cc2CC1C. The molecular weight excluding hydrogens is 274 g/mol. The third-order valence-corrected chi connectivity index (χ3v) is 5.12. The van der Waals surface area contributed by atoms with Crippen molar-refractivity contribution < 1.29 is 4.74 Å². The molecule has 1 N–H and O–H groups in total. The highest BCUT2D eigenvalue weighted by Gasteiger charge is 2.24. The summed E-state index contributed by atoms with van der Waals surface area (Å²) in [5.41, 5.74) is 4.31. The van der Waals surface area contributed by atoms with Gasteiger partial charge in [-0.1, -0.05) is 13.0 Å². The molecular formula is C18H29N3O. The maximum atomic E-state index is 5.69. The summed E-state index contributed by atoms with van der Waals surface area (Å²) in [5, 5.41) is 3.42. The summed E-state index contributed by atoms with van der Waals surface area (Å²) < 4.78 is 5.69. The molecule has 122 valence electrons. The molecule has 4 nitrogen and oxygen atoms in total. The molecule has 1 fully saturated rings. The van der Waals surface area contributed by atoms with Gasteiger partial charge in [0, 0.05) is 50.9 Å². The predicted octanol–water partition coefficient (Wildman–Crippen LogP) is 1.87. The fourth-order valence-corrected chi connectivity index (χ4v) is 3.72. The Kier molecular flexibility index (Phi) is 5.01. The Hall–Kier alpha value is -1.10. The number of ether oxygens (including phenoxy) is 1. The Morgan fingerprint density at radius 3 is 2.68 bits per heavy atom. The molecule has 1 aromatic carbocycles. The van der Waals surface area contributed by atoms with Gasteiger partial charge < -0.3 is 10.1 Å². The van der Waals surface area contributed by atoms with E-state index in [4.69, 9.17) is 4.74 Å². The van der Waals surface area contributed by atoms with E-state index in [1.165, 1.54) is 16.7 Å². The van der Waals surface area contributed by atoms with Gasteiger partial charge in [0.15, 0.2) is 0 Å². The first-order valence-corrected chi connectivity index (χ1v) is 8.57. The van der Waals surface area contributed by atoms with Crippen LogP contribution < -0.4 is 10.1 Å². The number of methoxy groups -OCH3 is 1. The fraction of sp³-hybridized carbons (Fsp3) is 0.667. The Morgan fingerprint density at radius 1 is 1.23 bits per heavy atom. The minimum absolute atomic E-state index is 0.637. The van der Waals surface area contributed by atoms with Crippen LogP contribution in [-0.2, 0) is 19.5 Å². The lowest BCUT2D eigenvalue weighted by atomic mass is 9.92. The molecule has 22 heavy (non-hydrogen) atoms. The van der Waals surface area contributed by atoms with Crippen LogP contribution in [0.3, 0.4) is 0 Å². The highest BCUT2D eigenvalue weighted by molar-refractivity contribution is 5.44. The van der Waals surface area contributed by atoms with Crippen LogP contribution in [0.5, 0.6) is 5.75 Å². The number of benzene rings is 1. The van der Waals surface area contributed by atoms with Gasteiger partial charge in [-0.05, 0) is 37.1 Å². The Bertz CT molecular complexity index is 511. The number of likely N-dealkylation sites (N-methyl/N-ethyl adjacent to an activating group) is 1. The number of hydrogen-bond donors (Lipinski definition) is 1. The van der Waals surface area contributed by atoms with Crippen LogP contribution in [0.15, 0.2) is 12.1 Å². The van der Waals surface area contributed by atoms with Crippen molar-refractivity contribution in [2.45, 2.75) is 39.4 Å². The van der Waals surface area contributed by atoms with E-state index >= 15 is 0 Å². The van der Waals surface area contributed by atoms with Crippen molar-refractivity contribution in [3.63, 3.8) is 0 Å². The van der Waals surface area contributed by atoms with E-state index in [9.17, 15) is 0 Å². The largest absolute Gasteiger partial charge is 0.496 e. The molecule has 2 heterocycles. The van der Waals surface area contributed by atoms with Gasteiger partial charge in [-0.3, -0.25) is 9.80 Å². The van der Waals surface area contributed by atoms with Crippen LogP contribution in [-0.4, -0.2) is 55.7 Å². The zero-order valence-corrected chi connectivity index (χ0v) is 14.2. The molecule has 0 saturated carbocycles. The molecule has 0 aromatic heterocycles. The first-order valence-electron chi connectivity index (χ1n) is 8.57. The van der Waals surface area contributed by atoms with Gasteiger partial charge in [0.2, 0.25) is 0 Å². The van der Waals surface area contributed by atoms with E-state index in [0.29, 0.717) is 6.04 Å². The number of hydrogen-bond acceptors (Lipinski definition) is 4. The quantitative estimate of drug-likeness (QED) is 0.919. The monoisotopic (exact) mass is 303 g/mol. The lowest BCUT2D eigenvalue weighted by Gasteiger charge is -2.35. The van der Waals surface area contributed by atoms with E-state index in [1.807, 2.05) is 0 Å². The summed E-state index contributed by atoms with van der Waals surface area (Å²) in [5.74, 6) is 1.06. The molecule has 1 aromatic rings. The highest BCUT2D eigenvalue weighted by Crippen LogP contribution is 2.30. The van der Waals surface area contributed by atoms with Crippen LogP contribution in [0.2, 0.25) is 0 Å². The lowest BCUT2D eigenvalue weighted by Crippen LogP contribution is -2.43. The second-order valence-electron chi connectivity index (χ2n) is 6.58. The summed E-state index contributed by atoms with van der Waals surface area (Å²) in [4.78, 5) is 5.06. The molecule has 0 spiro atoms. The molecule has 0 radical (unpaired) electrons. The Balaban J connectivity index is 1.83. The average Bonchev–Trinajstić information content (AvgIpc) is 2.54. The van der Waals surface area contributed by atoms with E-state index in [1.54, 1.807) is 7.11 Å². The van der Waals surface area contributed by atoms with Crippen LogP contribution >= 0.6 is 0 Å². The smallest absolute Gasteiger partial charge is 0.123 e. The molecule has 0 aliphatic carbocycles. The average molecular weight is 303 g/mol. The van der Waals surface area contributed by atoms with Crippen molar-refractivity contribution in [1.29, 1.82) is 0 Å². The third-order valence-electron chi connectivity index (χ3n) is 5.12. The summed E-state index contributed by atoms with van der Waals surface area (Å²) in [6.07, 6.45) is 1.15. The second kappa shape index (κ2) is 6.99.